The lowest BCUT2D eigenvalue weighted by atomic mass is 10.1. The Hall–Kier alpha value is -2.89. The predicted molar refractivity (Wildman–Crippen MR) is 90.5 cm³/mol. The van der Waals surface area contributed by atoms with Crippen molar-refractivity contribution in [2.75, 3.05) is 0 Å². The molecule has 3 aromatic rings. The molecule has 0 bridgehead atoms. The van der Waals surface area contributed by atoms with E-state index in [4.69, 9.17) is 4.52 Å². The van der Waals surface area contributed by atoms with Crippen molar-refractivity contribution in [1.82, 2.24) is 20.3 Å². The van der Waals surface area contributed by atoms with Gasteiger partial charge in [-0.3, -0.25) is 9.48 Å². The smallest absolute Gasteiger partial charge is 0.273 e. The van der Waals surface area contributed by atoms with Gasteiger partial charge in [0.15, 0.2) is 11.5 Å². The summed E-state index contributed by atoms with van der Waals surface area (Å²) in [6.07, 6.45) is 1.94. The van der Waals surface area contributed by atoms with Gasteiger partial charge in [-0.2, -0.15) is 5.10 Å². The van der Waals surface area contributed by atoms with Crippen molar-refractivity contribution in [3.63, 3.8) is 0 Å². The number of nitrogens with zero attached hydrogens (tertiary/aromatic N) is 3. The van der Waals surface area contributed by atoms with Crippen LogP contribution < -0.4 is 5.32 Å². The average Bonchev–Trinajstić information content (AvgIpc) is 3.20. The molecule has 0 fully saturated rings. The molecule has 0 saturated carbocycles. The molecule has 2 aromatic heterocycles. The Morgan fingerprint density at radius 3 is 2.67 bits per heavy atom. The van der Waals surface area contributed by atoms with Gasteiger partial charge >= 0.3 is 0 Å². The number of hydrogen-bond donors (Lipinski definition) is 1. The summed E-state index contributed by atoms with van der Waals surface area (Å²) in [5.74, 6) is 0.316. The minimum atomic E-state index is -0.263. The van der Waals surface area contributed by atoms with E-state index in [1.54, 1.807) is 6.07 Å². The maximum atomic E-state index is 12.2. The van der Waals surface area contributed by atoms with Gasteiger partial charge in [-0.05, 0) is 20.8 Å². The minimum Gasteiger partial charge on any atom is -0.355 e. The standard InChI is InChI=1S/C18H20N4O2/c1-4-22-11-15(13(3)20-22)10-19-18(23)16-9-17(24-21-16)14-7-5-12(2)6-8-14/h5-9,11H,4,10H2,1-3H3,(H,19,23). The molecule has 0 aliphatic carbocycles. The minimum absolute atomic E-state index is 0.263. The van der Waals surface area contributed by atoms with Crippen LogP contribution in [-0.4, -0.2) is 20.8 Å². The van der Waals surface area contributed by atoms with E-state index in [9.17, 15) is 4.79 Å². The maximum absolute atomic E-state index is 12.2. The number of benzene rings is 1. The van der Waals surface area contributed by atoms with Crippen molar-refractivity contribution in [3.05, 3.63) is 59.0 Å². The quantitative estimate of drug-likeness (QED) is 0.782. The first-order valence-corrected chi connectivity index (χ1v) is 7.91. The Labute approximate surface area is 140 Å². The molecule has 0 unspecified atom stereocenters. The van der Waals surface area contributed by atoms with Gasteiger partial charge in [0.2, 0.25) is 0 Å². The largest absolute Gasteiger partial charge is 0.355 e. The van der Waals surface area contributed by atoms with Gasteiger partial charge in [0.1, 0.15) is 0 Å². The highest BCUT2D eigenvalue weighted by Crippen LogP contribution is 2.20. The molecule has 3 rings (SSSR count). The highest BCUT2D eigenvalue weighted by molar-refractivity contribution is 5.93. The van der Waals surface area contributed by atoms with Crippen molar-refractivity contribution in [2.24, 2.45) is 0 Å². The van der Waals surface area contributed by atoms with Gasteiger partial charge in [0, 0.05) is 36.5 Å². The highest BCUT2D eigenvalue weighted by atomic mass is 16.5. The molecule has 0 aliphatic heterocycles. The monoisotopic (exact) mass is 324 g/mol. The Bertz CT molecular complexity index is 846. The van der Waals surface area contributed by atoms with Crippen molar-refractivity contribution in [3.8, 4) is 11.3 Å². The van der Waals surface area contributed by atoms with Crippen LogP contribution in [0.3, 0.4) is 0 Å². The van der Waals surface area contributed by atoms with Crippen molar-refractivity contribution < 1.29 is 9.32 Å². The molecular formula is C18H20N4O2. The lowest BCUT2D eigenvalue weighted by Gasteiger charge is -2.00. The lowest BCUT2D eigenvalue weighted by molar-refractivity contribution is 0.0942. The molecule has 124 valence electrons. The van der Waals surface area contributed by atoms with Crippen LogP contribution in [0.2, 0.25) is 0 Å². The van der Waals surface area contributed by atoms with Crippen molar-refractivity contribution in [2.45, 2.75) is 33.9 Å². The summed E-state index contributed by atoms with van der Waals surface area (Å²) >= 11 is 0. The summed E-state index contributed by atoms with van der Waals surface area (Å²) in [7, 11) is 0. The van der Waals surface area contributed by atoms with E-state index in [0.29, 0.717) is 12.3 Å². The first kappa shape index (κ1) is 16.0. The van der Waals surface area contributed by atoms with Crippen LogP contribution in [0.4, 0.5) is 0 Å². The van der Waals surface area contributed by atoms with Gasteiger partial charge in [-0.1, -0.05) is 35.0 Å². The van der Waals surface area contributed by atoms with E-state index in [1.807, 2.05) is 55.9 Å². The second kappa shape index (κ2) is 6.70. The first-order valence-electron chi connectivity index (χ1n) is 7.91. The van der Waals surface area contributed by atoms with Crippen molar-refractivity contribution >= 4 is 5.91 Å². The van der Waals surface area contributed by atoms with E-state index in [1.165, 1.54) is 5.56 Å². The van der Waals surface area contributed by atoms with E-state index in [0.717, 1.165) is 23.4 Å². The molecule has 24 heavy (non-hydrogen) atoms. The third-order valence-electron chi connectivity index (χ3n) is 3.89. The molecule has 0 aliphatic rings. The molecular weight excluding hydrogens is 304 g/mol. The molecule has 1 N–H and O–H groups in total. The van der Waals surface area contributed by atoms with Crippen molar-refractivity contribution in [1.29, 1.82) is 0 Å². The average molecular weight is 324 g/mol. The van der Waals surface area contributed by atoms with Crippen LogP contribution in [-0.2, 0) is 13.1 Å². The lowest BCUT2D eigenvalue weighted by Crippen LogP contribution is -2.23. The number of carbonyl (C=O) groups is 1. The number of aryl methyl sites for hydroxylation is 3. The van der Waals surface area contributed by atoms with E-state index in [2.05, 4.69) is 15.6 Å². The number of aromatic nitrogens is 3. The van der Waals surface area contributed by atoms with Gasteiger partial charge in [0.05, 0.1) is 5.69 Å². The number of carbonyl (C=O) groups excluding carboxylic acids is 1. The predicted octanol–water partition coefficient (Wildman–Crippen LogP) is 3.10. The molecule has 1 aromatic carbocycles. The SMILES string of the molecule is CCn1cc(CNC(=O)c2cc(-c3ccc(C)cc3)on2)c(C)n1. The zero-order chi connectivity index (χ0) is 17.1. The normalized spacial score (nSPS) is 10.8. The van der Waals surface area contributed by atoms with Gasteiger partial charge in [-0.25, -0.2) is 0 Å². The number of hydrogen-bond acceptors (Lipinski definition) is 4. The Morgan fingerprint density at radius 2 is 2.00 bits per heavy atom. The second-order valence-corrected chi connectivity index (χ2v) is 5.72. The zero-order valence-corrected chi connectivity index (χ0v) is 14.0. The fourth-order valence-corrected chi connectivity index (χ4v) is 2.40. The van der Waals surface area contributed by atoms with Gasteiger partial charge in [0.25, 0.3) is 5.91 Å². The Morgan fingerprint density at radius 1 is 1.25 bits per heavy atom. The summed E-state index contributed by atoms with van der Waals surface area (Å²) in [6.45, 7) is 7.19. The van der Waals surface area contributed by atoms with Crippen LogP contribution in [0.15, 0.2) is 41.1 Å². The van der Waals surface area contributed by atoms with Crippen LogP contribution in [0, 0.1) is 13.8 Å². The summed E-state index contributed by atoms with van der Waals surface area (Å²) in [4.78, 5) is 12.2. The molecule has 0 saturated heterocycles. The molecule has 0 spiro atoms. The Kier molecular flexibility index (Phi) is 4.46. The highest BCUT2D eigenvalue weighted by Gasteiger charge is 2.14. The number of amides is 1. The summed E-state index contributed by atoms with van der Waals surface area (Å²) in [6, 6.07) is 9.53. The molecule has 6 nitrogen and oxygen atoms in total. The number of rotatable bonds is 5. The van der Waals surface area contributed by atoms with Crippen LogP contribution >= 0.6 is 0 Å². The molecule has 2 heterocycles. The summed E-state index contributed by atoms with van der Waals surface area (Å²) < 4.78 is 7.13. The zero-order valence-electron chi connectivity index (χ0n) is 14.0. The second-order valence-electron chi connectivity index (χ2n) is 5.72. The van der Waals surface area contributed by atoms with E-state index < -0.39 is 0 Å². The van der Waals surface area contributed by atoms with E-state index in [-0.39, 0.29) is 11.6 Å². The maximum Gasteiger partial charge on any atom is 0.273 e. The molecule has 0 atom stereocenters. The Balaban J connectivity index is 1.67. The van der Waals surface area contributed by atoms with E-state index >= 15 is 0 Å². The molecule has 6 heteroatoms. The molecule has 0 radical (unpaired) electrons. The van der Waals surface area contributed by atoms with Crippen LogP contribution in [0.1, 0.15) is 34.2 Å². The van der Waals surface area contributed by atoms with Gasteiger partial charge < -0.3 is 9.84 Å². The summed E-state index contributed by atoms with van der Waals surface area (Å²) in [5.41, 5.74) is 4.24. The van der Waals surface area contributed by atoms with Gasteiger partial charge in [-0.15, -0.1) is 0 Å². The third kappa shape index (κ3) is 3.37. The fraction of sp³-hybridized carbons (Fsp3) is 0.278. The van der Waals surface area contributed by atoms with Crippen LogP contribution in [0.25, 0.3) is 11.3 Å². The summed E-state index contributed by atoms with van der Waals surface area (Å²) in [5, 5.41) is 11.1. The number of nitrogens with one attached hydrogen (secondary N) is 1. The first-order chi connectivity index (χ1) is 11.6. The third-order valence-corrected chi connectivity index (χ3v) is 3.89. The topological polar surface area (TPSA) is 73.0 Å². The fourth-order valence-electron chi connectivity index (χ4n) is 2.40. The van der Waals surface area contributed by atoms with Crippen LogP contribution in [0.5, 0.6) is 0 Å². The molecule has 1 amide bonds.